The topological polar surface area (TPSA) is 70.2 Å². The Bertz CT molecular complexity index is 435. The van der Waals surface area contributed by atoms with E-state index in [1.807, 2.05) is 0 Å². The first-order chi connectivity index (χ1) is 9.45. The van der Waals surface area contributed by atoms with Crippen molar-refractivity contribution in [2.75, 3.05) is 18.4 Å². The van der Waals surface area contributed by atoms with Crippen molar-refractivity contribution in [3.05, 3.63) is 18.6 Å². The Kier molecular flexibility index (Phi) is 4.54. The average molecular weight is 277 g/mol. The number of hydrogen-bond acceptors (Lipinski definition) is 4. The number of urea groups is 1. The van der Waals surface area contributed by atoms with Crippen LogP contribution in [0.15, 0.2) is 18.6 Å². The number of carbonyl (C=O) groups is 1. The molecule has 20 heavy (non-hydrogen) atoms. The van der Waals surface area contributed by atoms with Crippen LogP contribution in [-0.4, -0.2) is 45.6 Å². The Labute approximate surface area is 120 Å². The summed E-state index contributed by atoms with van der Waals surface area (Å²) >= 11 is 0. The van der Waals surface area contributed by atoms with Crippen molar-refractivity contribution in [1.29, 1.82) is 0 Å². The van der Waals surface area contributed by atoms with Gasteiger partial charge in [0.05, 0.1) is 0 Å². The van der Waals surface area contributed by atoms with Gasteiger partial charge in [0.15, 0.2) is 0 Å². The average Bonchev–Trinajstić information content (AvgIpc) is 2.39. The van der Waals surface area contributed by atoms with Crippen LogP contribution in [0.25, 0.3) is 0 Å². The van der Waals surface area contributed by atoms with E-state index < -0.39 is 0 Å². The molecule has 2 heterocycles. The summed E-state index contributed by atoms with van der Waals surface area (Å²) in [6, 6.07) is 1.70. The van der Waals surface area contributed by atoms with E-state index in [0.29, 0.717) is 5.82 Å². The van der Waals surface area contributed by atoms with E-state index >= 15 is 0 Å². The highest BCUT2D eigenvalue weighted by atomic mass is 16.2. The Hall–Kier alpha value is -1.69. The number of likely N-dealkylation sites (tertiary alicyclic amines) is 1. The van der Waals surface area contributed by atoms with Gasteiger partial charge in [0.1, 0.15) is 12.1 Å². The van der Waals surface area contributed by atoms with Gasteiger partial charge in [-0.3, -0.25) is 10.2 Å². The van der Waals surface area contributed by atoms with Gasteiger partial charge in [0, 0.05) is 30.9 Å². The Morgan fingerprint density at radius 1 is 1.35 bits per heavy atom. The first-order valence-corrected chi connectivity index (χ1v) is 7.04. The monoisotopic (exact) mass is 277 g/mol. The largest absolute Gasteiger partial charge is 0.335 e. The minimum atomic E-state index is -0.196. The third-order valence-corrected chi connectivity index (χ3v) is 3.60. The van der Waals surface area contributed by atoms with Crippen molar-refractivity contribution in [3.63, 3.8) is 0 Å². The smallest absolute Gasteiger partial charge is 0.320 e. The molecule has 1 fully saturated rings. The number of amides is 2. The quantitative estimate of drug-likeness (QED) is 0.865. The molecule has 0 bridgehead atoms. The van der Waals surface area contributed by atoms with Crippen molar-refractivity contribution in [2.45, 2.75) is 45.2 Å². The summed E-state index contributed by atoms with van der Waals surface area (Å²) in [6.45, 7) is 8.71. The van der Waals surface area contributed by atoms with Gasteiger partial charge >= 0.3 is 6.03 Å². The Morgan fingerprint density at radius 2 is 2.05 bits per heavy atom. The molecule has 0 atom stereocenters. The van der Waals surface area contributed by atoms with Crippen LogP contribution in [0, 0.1) is 0 Å². The molecule has 110 valence electrons. The maximum Gasteiger partial charge on any atom is 0.320 e. The SMILES string of the molecule is CC(C)(C)N1CCC(NC(=O)Nc2ccncn2)CC1. The fourth-order valence-electron chi connectivity index (χ4n) is 2.40. The predicted molar refractivity (Wildman–Crippen MR) is 78.5 cm³/mol. The minimum absolute atomic E-state index is 0.196. The lowest BCUT2D eigenvalue weighted by Gasteiger charge is -2.40. The molecular weight excluding hydrogens is 254 g/mol. The van der Waals surface area contributed by atoms with Gasteiger partial charge in [-0.25, -0.2) is 14.8 Å². The third kappa shape index (κ3) is 4.16. The van der Waals surface area contributed by atoms with E-state index in [2.05, 4.69) is 46.3 Å². The van der Waals surface area contributed by atoms with E-state index in [-0.39, 0.29) is 17.6 Å². The molecule has 0 radical (unpaired) electrons. The summed E-state index contributed by atoms with van der Waals surface area (Å²) < 4.78 is 0. The second kappa shape index (κ2) is 6.17. The maximum absolute atomic E-state index is 11.9. The molecule has 1 aliphatic rings. The molecule has 6 heteroatoms. The van der Waals surface area contributed by atoms with Gasteiger partial charge in [-0.15, -0.1) is 0 Å². The van der Waals surface area contributed by atoms with Crippen LogP contribution in [0.3, 0.4) is 0 Å². The summed E-state index contributed by atoms with van der Waals surface area (Å²) in [7, 11) is 0. The molecular formula is C14H23N5O. The van der Waals surface area contributed by atoms with Crippen molar-refractivity contribution >= 4 is 11.8 Å². The van der Waals surface area contributed by atoms with Gasteiger partial charge in [-0.2, -0.15) is 0 Å². The first kappa shape index (κ1) is 14.7. The van der Waals surface area contributed by atoms with Crippen LogP contribution < -0.4 is 10.6 Å². The number of anilines is 1. The molecule has 0 aliphatic carbocycles. The third-order valence-electron chi connectivity index (χ3n) is 3.60. The highest BCUT2D eigenvalue weighted by Crippen LogP contribution is 2.20. The van der Waals surface area contributed by atoms with E-state index in [0.717, 1.165) is 25.9 Å². The molecule has 0 saturated carbocycles. The van der Waals surface area contributed by atoms with Gasteiger partial charge < -0.3 is 5.32 Å². The van der Waals surface area contributed by atoms with Gasteiger partial charge in [0.2, 0.25) is 0 Å². The molecule has 1 saturated heterocycles. The van der Waals surface area contributed by atoms with Crippen molar-refractivity contribution < 1.29 is 4.79 Å². The zero-order valence-electron chi connectivity index (χ0n) is 12.4. The van der Waals surface area contributed by atoms with Crippen molar-refractivity contribution in [1.82, 2.24) is 20.2 Å². The van der Waals surface area contributed by atoms with E-state index in [1.54, 1.807) is 12.3 Å². The predicted octanol–water partition coefficient (Wildman–Crippen LogP) is 1.86. The molecule has 2 N–H and O–H groups in total. The van der Waals surface area contributed by atoms with Crippen LogP contribution in [0.4, 0.5) is 10.6 Å². The number of piperidine rings is 1. The maximum atomic E-state index is 11.9. The Morgan fingerprint density at radius 3 is 2.60 bits per heavy atom. The zero-order chi connectivity index (χ0) is 14.6. The number of rotatable bonds is 2. The van der Waals surface area contributed by atoms with Gasteiger partial charge in [-0.1, -0.05) is 0 Å². The molecule has 1 aliphatic heterocycles. The number of nitrogens with zero attached hydrogens (tertiary/aromatic N) is 3. The fourth-order valence-corrected chi connectivity index (χ4v) is 2.40. The van der Waals surface area contributed by atoms with E-state index in [1.165, 1.54) is 6.33 Å². The van der Waals surface area contributed by atoms with Crippen molar-refractivity contribution in [2.24, 2.45) is 0 Å². The minimum Gasteiger partial charge on any atom is -0.335 e. The van der Waals surface area contributed by atoms with E-state index in [4.69, 9.17) is 0 Å². The second-order valence-corrected chi connectivity index (χ2v) is 6.13. The molecule has 2 amide bonds. The highest BCUT2D eigenvalue weighted by Gasteiger charge is 2.27. The summed E-state index contributed by atoms with van der Waals surface area (Å²) in [6.07, 6.45) is 4.98. The standard InChI is InChI=1S/C14H23N5O/c1-14(2,3)19-8-5-11(6-9-19)17-13(20)18-12-4-7-15-10-16-12/h4,7,10-11H,5-6,8-9H2,1-3H3,(H2,15,16,17,18,20). The summed E-state index contributed by atoms with van der Waals surface area (Å²) in [5, 5.41) is 5.72. The molecule has 6 nitrogen and oxygen atoms in total. The van der Waals surface area contributed by atoms with E-state index in [9.17, 15) is 4.79 Å². The molecule has 0 spiro atoms. The molecule has 0 aromatic carbocycles. The Balaban J connectivity index is 1.77. The van der Waals surface area contributed by atoms with Gasteiger partial charge in [0.25, 0.3) is 0 Å². The zero-order valence-corrected chi connectivity index (χ0v) is 12.4. The van der Waals surface area contributed by atoms with Crippen LogP contribution in [0.5, 0.6) is 0 Å². The highest BCUT2D eigenvalue weighted by molar-refractivity contribution is 5.88. The second-order valence-electron chi connectivity index (χ2n) is 6.13. The first-order valence-electron chi connectivity index (χ1n) is 7.04. The molecule has 2 rings (SSSR count). The van der Waals surface area contributed by atoms with Crippen LogP contribution in [0.2, 0.25) is 0 Å². The lowest BCUT2D eigenvalue weighted by atomic mass is 9.98. The summed E-state index contributed by atoms with van der Waals surface area (Å²) in [5.74, 6) is 0.518. The fraction of sp³-hybridized carbons (Fsp3) is 0.643. The van der Waals surface area contributed by atoms with Crippen molar-refractivity contribution in [3.8, 4) is 0 Å². The van der Waals surface area contributed by atoms with Crippen LogP contribution in [0.1, 0.15) is 33.6 Å². The number of nitrogens with one attached hydrogen (secondary N) is 2. The number of carbonyl (C=O) groups excluding carboxylic acids is 1. The molecule has 1 aromatic heterocycles. The summed E-state index contributed by atoms with van der Waals surface area (Å²) in [5.41, 5.74) is 0.203. The van der Waals surface area contributed by atoms with Crippen LogP contribution >= 0.6 is 0 Å². The van der Waals surface area contributed by atoms with Gasteiger partial charge in [-0.05, 0) is 39.7 Å². The number of aromatic nitrogens is 2. The summed E-state index contributed by atoms with van der Waals surface area (Å²) in [4.78, 5) is 22.1. The molecule has 1 aromatic rings. The lowest BCUT2D eigenvalue weighted by molar-refractivity contribution is 0.0983. The lowest BCUT2D eigenvalue weighted by Crippen LogP contribution is -2.51. The number of hydrogen-bond donors (Lipinski definition) is 2. The molecule has 0 unspecified atom stereocenters. The normalized spacial score (nSPS) is 17.8. The van der Waals surface area contributed by atoms with Crippen LogP contribution in [-0.2, 0) is 0 Å².